The second-order valence-electron chi connectivity index (χ2n) is 5.39. The van der Waals surface area contributed by atoms with E-state index in [4.69, 9.17) is 9.47 Å². The molecule has 1 aromatic carbocycles. The molecule has 0 bridgehead atoms. The van der Waals surface area contributed by atoms with E-state index in [9.17, 15) is 9.90 Å². The number of aliphatic carboxylic acids is 1. The number of fused-ring (bicyclic) bond motifs is 1. The number of thioether (sulfide) groups is 1. The number of ether oxygens (including phenoxy) is 2. The topological polar surface area (TPSA) is 98.8 Å². The monoisotopic (exact) mass is 374 g/mol. The Morgan fingerprint density at radius 2 is 1.96 bits per heavy atom. The minimum Gasteiger partial charge on any atom is -0.493 e. The van der Waals surface area contributed by atoms with E-state index in [0.29, 0.717) is 34.4 Å². The highest BCUT2D eigenvalue weighted by Gasteiger charge is 2.19. The fraction of sp³-hybridized carbons (Fsp3) is 0.294. The van der Waals surface area contributed by atoms with E-state index in [1.165, 1.54) is 11.8 Å². The maximum absolute atomic E-state index is 11.3. The standard InChI is InChI=1S/C17H18N4O4S/c1-4-13(17(22)23)26-15-8-7-14-18-19-16(21(14)20-15)10-5-6-11(24-2)12(9-10)25-3/h5-9,13H,4H2,1-3H3,(H,22,23)/t13-/m0/s1. The normalized spacial score (nSPS) is 12.1. The third kappa shape index (κ3) is 3.43. The molecule has 0 radical (unpaired) electrons. The number of benzene rings is 1. The number of hydrogen-bond donors (Lipinski definition) is 1. The Hall–Kier alpha value is -2.81. The summed E-state index contributed by atoms with van der Waals surface area (Å²) in [5.74, 6) is 0.862. The number of methoxy groups -OCH3 is 2. The maximum Gasteiger partial charge on any atom is 0.317 e. The lowest BCUT2D eigenvalue weighted by atomic mass is 10.2. The summed E-state index contributed by atoms with van der Waals surface area (Å²) >= 11 is 1.20. The van der Waals surface area contributed by atoms with Gasteiger partial charge in [-0.1, -0.05) is 18.7 Å². The molecular weight excluding hydrogens is 356 g/mol. The predicted octanol–water partition coefficient (Wildman–Crippen LogP) is 2.76. The van der Waals surface area contributed by atoms with Gasteiger partial charge in [0.25, 0.3) is 0 Å². The van der Waals surface area contributed by atoms with E-state index in [0.717, 1.165) is 5.56 Å². The average Bonchev–Trinajstić information content (AvgIpc) is 3.08. The molecule has 0 spiro atoms. The molecule has 2 aromatic heterocycles. The number of nitrogens with zero attached hydrogens (tertiary/aromatic N) is 4. The first kappa shape index (κ1) is 18.0. The molecule has 0 aliphatic heterocycles. The van der Waals surface area contributed by atoms with Crippen LogP contribution in [0.3, 0.4) is 0 Å². The van der Waals surface area contributed by atoms with E-state index < -0.39 is 11.2 Å². The van der Waals surface area contributed by atoms with Gasteiger partial charge in [0.15, 0.2) is 23.0 Å². The van der Waals surface area contributed by atoms with Crippen molar-refractivity contribution in [2.45, 2.75) is 23.6 Å². The van der Waals surface area contributed by atoms with E-state index in [2.05, 4.69) is 15.3 Å². The molecule has 136 valence electrons. The minimum absolute atomic E-state index is 0.504. The first-order chi connectivity index (χ1) is 12.6. The van der Waals surface area contributed by atoms with Gasteiger partial charge in [-0.25, -0.2) is 0 Å². The highest BCUT2D eigenvalue weighted by atomic mass is 32.2. The van der Waals surface area contributed by atoms with Gasteiger partial charge < -0.3 is 14.6 Å². The molecule has 0 aliphatic carbocycles. The smallest absolute Gasteiger partial charge is 0.317 e. The van der Waals surface area contributed by atoms with Crippen molar-refractivity contribution in [3.8, 4) is 22.9 Å². The van der Waals surface area contributed by atoms with Crippen molar-refractivity contribution in [2.24, 2.45) is 0 Å². The zero-order valence-electron chi connectivity index (χ0n) is 14.5. The van der Waals surface area contributed by atoms with E-state index >= 15 is 0 Å². The SMILES string of the molecule is CC[C@H](Sc1ccc2nnc(-c3ccc(OC)c(OC)c3)n2n1)C(=O)O. The summed E-state index contributed by atoms with van der Waals surface area (Å²) in [6.45, 7) is 1.83. The number of rotatable bonds is 7. The molecule has 0 aliphatic rings. The fourth-order valence-corrected chi connectivity index (χ4v) is 3.28. The van der Waals surface area contributed by atoms with Crippen LogP contribution in [0.5, 0.6) is 11.5 Å². The van der Waals surface area contributed by atoms with Crippen molar-refractivity contribution in [3.05, 3.63) is 30.3 Å². The Kier molecular flexibility index (Phi) is 5.27. The van der Waals surface area contributed by atoms with Crippen LogP contribution in [0.2, 0.25) is 0 Å². The predicted molar refractivity (Wildman–Crippen MR) is 96.9 cm³/mol. The third-order valence-corrected chi connectivity index (χ3v) is 5.07. The lowest BCUT2D eigenvalue weighted by molar-refractivity contribution is -0.136. The van der Waals surface area contributed by atoms with Crippen molar-refractivity contribution >= 4 is 23.4 Å². The Morgan fingerprint density at radius 1 is 1.19 bits per heavy atom. The zero-order valence-corrected chi connectivity index (χ0v) is 15.4. The molecule has 26 heavy (non-hydrogen) atoms. The van der Waals surface area contributed by atoms with Crippen LogP contribution in [0.25, 0.3) is 17.0 Å². The van der Waals surface area contributed by atoms with Crippen LogP contribution < -0.4 is 9.47 Å². The summed E-state index contributed by atoms with van der Waals surface area (Å²) in [7, 11) is 3.13. The fourth-order valence-electron chi connectivity index (χ4n) is 2.44. The Balaban J connectivity index is 2.02. The Labute approximate surface area is 154 Å². The summed E-state index contributed by atoms with van der Waals surface area (Å²) in [5, 5.41) is 22.1. The van der Waals surface area contributed by atoms with E-state index in [1.807, 2.05) is 13.0 Å². The van der Waals surface area contributed by atoms with Crippen molar-refractivity contribution < 1.29 is 19.4 Å². The van der Waals surface area contributed by atoms with Crippen LogP contribution in [0.15, 0.2) is 35.4 Å². The number of carboxylic acids is 1. The molecule has 0 amide bonds. The van der Waals surface area contributed by atoms with Gasteiger partial charge >= 0.3 is 5.97 Å². The summed E-state index contributed by atoms with van der Waals surface area (Å²) < 4.78 is 12.2. The van der Waals surface area contributed by atoms with Gasteiger partial charge in [-0.15, -0.1) is 10.2 Å². The zero-order chi connectivity index (χ0) is 18.7. The maximum atomic E-state index is 11.3. The molecule has 2 heterocycles. The summed E-state index contributed by atoms with van der Waals surface area (Å²) in [6.07, 6.45) is 0.504. The molecule has 9 heteroatoms. The van der Waals surface area contributed by atoms with Crippen molar-refractivity contribution in [1.82, 2.24) is 19.8 Å². The number of carboxylic acid groups (broad SMARTS) is 1. The van der Waals surface area contributed by atoms with Crippen LogP contribution in [-0.2, 0) is 4.79 Å². The molecule has 0 saturated heterocycles. The van der Waals surface area contributed by atoms with E-state index in [1.54, 1.807) is 43.0 Å². The lowest BCUT2D eigenvalue weighted by Crippen LogP contribution is -2.15. The molecular formula is C17H18N4O4S. The molecule has 3 rings (SSSR count). The molecule has 0 fully saturated rings. The molecule has 0 unspecified atom stereocenters. The number of hydrogen-bond acceptors (Lipinski definition) is 7. The summed E-state index contributed by atoms with van der Waals surface area (Å²) in [5.41, 5.74) is 1.33. The van der Waals surface area contributed by atoms with Gasteiger partial charge in [0.2, 0.25) is 0 Å². The minimum atomic E-state index is -0.858. The van der Waals surface area contributed by atoms with Gasteiger partial charge in [-0.2, -0.15) is 9.61 Å². The molecule has 8 nitrogen and oxygen atoms in total. The van der Waals surface area contributed by atoms with Crippen LogP contribution >= 0.6 is 11.8 Å². The first-order valence-corrected chi connectivity index (χ1v) is 8.79. The highest BCUT2D eigenvalue weighted by Crippen LogP contribution is 2.32. The number of carbonyl (C=O) groups is 1. The van der Waals surface area contributed by atoms with Crippen LogP contribution in [-0.4, -0.2) is 50.4 Å². The number of aromatic nitrogens is 4. The van der Waals surface area contributed by atoms with Crippen LogP contribution in [0.4, 0.5) is 0 Å². The second-order valence-corrected chi connectivity index (χ2v) is 6.61. The quantitative estimate of drug-likeness (QED) is 0.630. The van der Waals surface area contributed by atoms with Gasteiger partial charge in [-0.05, 0) is 36.8 Å². The molecule has 1 atom stereocenters. The van der Waals surface area contributed by atoms with Crippen molar-refractivity contribution in [3.63, 3.8) is 0 Å². The Morgan fingerprint density at radius 3 is 2.62 bits per heavy atom. The second kappa shape index (κ2) is 7.61. The van der Waals surface area contributed by atoms with E-state index in [-0.39, 0.29) is 0 Å². The van der Waals surface area contributed by atoms with Gasteiger partial charge in [0.1, 0.15) is 10.3 Å². The molecule has 3 aromatic rings. The van der Waals surface area contributed by atoms with Crippen LogP contribution in [0.1, 0.15) is 13.3 Å². The lowest BCUT2D eigenvalue weighted by Gasteiger charge is -2.10. The average molecular weight is 374 g/mol. The first-order valence-electron chi connectivity index (χ1n) is 7.91. The summed E-state index contributed by atoms with van der Waals surface area (Å²) in [4.78, 5) is 11.3. The van der Waals surface area contributed by atoms with Crippen LogP contribution in [0, 0.1) is 0 Å². The Bertz CT molecular complexity index is 944. The van der Waals surface area contributed by atoms with Gasteiger partial charge in [0.05, 0.1) is 14.2 Å². The summed E-state index contributed by atoms with van der Waals surface area (Å²) in [6, 6.07) is 8.93. The van der Waals surface area contributed by atoms with Gasteiger partial charge in [0, 0.05) is 5.56 Å². The molecule has 0 saturated carbocycles. The molecule has 1 N–H and O–H groups in total. The highest BCUT2D eigenvalue weighted by molar-refractivity contribution is 8.00. The third-order valence-electron chi connectivity index (χ3n) is 3.79. The van der Waals surface area contributed by atoms with Crippen molar-refractivity contribution in [1.29, 1.82) is 0 Å². The van der Waals surface area contributed by atoms with Crippen molar-refractivity contribution in [2.75, 3.05) is 14.2 Å². The van der Waals surface area contributed by atoms with Gasteiger partial charge in [-0.3, -0.25) is 4.79 Å². The largest absolute Gasteiger partial charge is 0.493 e.